The molecule has 28 heavy (non-hydrogen) atoms. The molecule has 1 aliphatic heterocycles. The van der Waals surface area contributed by atoms with E-state index in [-0.39, 0.29) is 33.3 Å². The van der Waals surface area contributed by atoms with Gasteiger partial charge in [0.25, 0.3) is 10.0 Å². The Morgan fingerprint density at radius 1 is 0.893 bits per heavy atom. The van der Waals surface area contributed by atoms with Gasteiger partial charge in [-0.2, -0.15) is 0 Å². The SMILES string of the molecule is NS(=O)(=O)c1ccc(NS(=O)(=O)c2ccc(N3C(=O)CCS3(=O)=O)cc2)cc1. The Hall–Kier alpha value is -2.48. The number of carbonyl (C=O) groups is 1. The number of hydrogen-bond donors (Lipinski definition) is 2. The summed E-state index contributed by atoms with van der Waals surface area (Å²) in [5.41, 5.74) is 0.160. The highest BCUT2D eigenvalue weighted by Gasteiger charge is 2.36. The summed E-state index contributed by atoms with van der Waals surface area (Å²) in [6.07, 6.45) is -0.127. The molecule has 1 amide bonds. The van der Waals surface area contributed by atoms with Crippen LogP contribution in [0.1, 0.15) is 6.42 Å². The quantitative estimate of drug-likeness (QED) is 0.664. The predicted octanol–water partition coefficient (Wildman–Crippen LogP) is 0.201. The van der Waals surface area contributed by atoms with Gasteiger partial charge in [0.15, 0.2) is 0 Å². The van der Waals surface area contributed by atoms with Crippen molar-refractivity contribution in [2.45, 2.75) is 16.2 Å². The van der Waals surface area contributed by atoms with E-state index in [9.17, 15) is 30.0 Å². The fraction of sp³-hybridized carbons (Fsp3) is 0.133. The lowest BCUT2D eigenvalue weighted by Crippen LogP contribution is -2.29. The van der Waals surface area contributed by atoms with Gasteiger partial charge in [-0.05, 0) is 48.5 Å². The molecular weight excluding hydrogens is 430 g/mol. The summed E-state index contributed by atoms with van der Waals surface area (Å²) in [7, 11) is -11.7. The van der Waals surface area contributed by atoms with Crippen LogP contribution in [0.5, 0.6) is 0 Å². The Kier molecular flexibility index (Phi) is 4.95. The van der Waals surface area contributed by atoms with Gasteiger partial charge in [-0.25, -0.2) is 34.7 Å². The number of anilines is 2. The van der Waals surface area contributed by atoms with E-state index in [2.05, 4.69) is 4.72 Å². The van der Waals surface area contributed by atoms with Crippen LogP contribution in [0.4, 0.5) is 11.4 Å². The van der Waals surface area contributed by atoms with Gasteiger partial charge >= 0.3 is 0 Å². The van der Waals surface area contributed by atoms with Gasteiger partial charge in [-0.1, -0.05) is 0 Å². The van der Waals surface area contributed by atoms with Gasteiger partial charge < -0.3 is 0 Å². The number of carbonyl (C=O) groups excluding carboxylic acids is 1. The average Bonchev–Trinajstić information content (AvgIpc) is 2.87. The van der Waals surface area contributed by atoms with Crippen LogP contribution in [0.25, 0.3) is 0 Å². The van der Waals surface area contributed by atoms with Crippen LogP contribution in [0.2, 0.25) is 0 Å². The maximum absolute atomic E-state index is 12.5. The van der Waals surface area contributed by atoms with Crippen molar-refractivity contribution >= 4 is 47.4 Å². The van der Waals surface area contributed by atoms with Crippen LogP contribution in [0.3, 0.4) is 0 Å². The zero-order chi connectivity index (χ0) is 20.7. The first kappa shape index (κ1) is 20.3. The number of hydrogen-bond acceptors (Lipinski definition) is 7. The summed E-state index contributed by atoms with van der Waals surface area (Å²) in [6.45, 7) is 0. The molecule has 0 aromatic heterocycles. The second kappa shape index (κ2) is 6.84. The molecule has 0 radical (unpaired) electrons. The molecule has 2 aromatic carbocycles. The van der Waals surface area contributed by atoms with E-state index < -0.39 is 36.0 Å². The zero-order valence-electron chi connectivity index (χ0n) is 14.1. The molecule has 0 saturated carbocycles. The van der Waals surface area contributed by atoms with Gasteiger partial charge in [0.1, 0.15) is 0 Å². The van der Waals surface area contributed by atoms with Gasteiger partial charge in [0, 0.05) is 12.1 Å². The van der Waals surface area contributed by atoms with Crippen molar-refractivity contribution in [1.29, 1.82) is 0 Å². The van der Waals surface area contributed by atoms with E-state index in [1.165, 1.54) is 24.3 Å². The number of benzene rings is 2. The highest BCUT2D eigenvalue weighted by atomic mass is 32.2. The van der Waals surface area contributed by atoms with Crippen molar-refractivity contribution in [1.82, 2.24) is 0 Å². The number of rotatable bonds is 5. The van der Waals surface area contributed by atoms with Crippen LogP contribution in [-0.2, 0) is 34.9 Å². The molecule has 1 saturated heterocycles. The lowest BCUT2D eigenvalue weighted by atomic mass is 10.3. The van der Waals surface area contributed by atoms with Crippen molar-refractivity contribution in [3.8, 4) is 0 Å². The third kappa shape index (κ3) is 4.01. The lowest BCUT2D eigenvalue weighted by Gasteiger charge is -2.15. The van der Waals surface area contributed by atoms with E-state index in [4.69, 9.17) is 5.14 Å². The van der Waals surface area contributed by atoms with Crippen molar-refractivity contribution in [2.24, 2.45) is 5.14 Å². The minimum Gasteiger partial charge on any atom is -0.280 e. The monoisotopic (exact) mass is 445 g/mol. The molecule has 0 atom stereocenters. The normalized spacial score (nSPS) is 16.9. The third-order valence-corrected chi connectivity index (χ3v) is 7.91. The largest absolute Gasteiger partial charge is 0.280 e. The smallest absolute Gasteiger partial charge is 0.261 e. The molecule has 10 nitrogen and oxygen atoms in total. The summed E-state index contributed by atoms with van der Waals surface area (Å²) >= 11 is 0. The first-order chi connectivity index (χ1) is 12.9. The van der Waals surface area contributed by atoms with Crippen LogP contribution in [0.15, 0.2) is 58.3 Å². The highest BCUT2D eigenvalue weighted by Crippen LogP contribution is 2.27. The summed E-state index contributed by atoms with van der Waals surface area (Å²) in [5.74, 6) is -0.870. The fourth-order valence-electron chi connectivity index (χ4n) is 2.56. The molecule has 0 unspecified atom stereocenters. The van der Waals surface area contributed by atoms with Crippen molar-refractivity contribution in [2.75, 3.05) is 14.8 Å². The van der Waals surface area contributed by atoms with E-state index >= 15 is 0 Å². The fourth-order valence-corrected chi connectivity index (χ4v) is 5.59. The number of nitrogens with one attached hydrogen (secondary N) is 1. The third-order valence-electron chi connectivity index (χ3n) is 3.90. The number of sulfonamides is 3. The standard InChI is InChI=1S/C15H15N3O7S3/c16-27(22,23)13-5-1-11(2-6-13)17-28(24,25)14-7-3-12(4-8-14)18-15(19)9-10-26(18,20)21/h1-8,17H,9-10H2,(H2,16,22,23). The van der Waals surface area contributed by atoms with Crippen LogP contribution in [0, 0.1) is 0 Å². The lowest BCUT2D eigenvalue weighted by molar-refractivity contribution is -0.116. The summed E-state index contributed by atoms with van der Waals surface area (Å²) in [4.78, 5) is 11.4. The molecule has 3 rings (SSSR count). The molecule has 150 valence electrons. The van der Waals surface area contributed by atoms with Crippen LogP contribution < -0.4 is 14.2 Å². The number of amides is 1. The second-order valence-electron chi connectivity index (χ2n) is 5.89. The highest BCUT2D eigenvalue weighted by molar-refractivity contribution is 7.94. The van der Waals surface area contributed by atoms with Gasteiger partial charge in [0.05, 0.1) is 21.2 Å². The summed E-state index contributed by atoms with van der Waals surface area (Å²) < 4.78 is 74.1. The first-order valence-electron chi connectivity index (χ1n) is 7.72. The second-order valence-corrected chi connectivity index (χ2v) is 11.1. The van der Waals surface area contributed by atoms with Crippen molar-refractivity contribution in [3.05, 3.63) is 48.5 Å². The van der Waals surface area contributed by atoms with E-state index in [1.54, 1.807) is 0 Å². The maximum Gasteiger partial charge on any atom is 0.261 e. The molecule has 13 heteroatoms. The Bertz CT molecular complexity index is 1230. The predicted molar refractivity (Wildman–Crippen MR) is 101 cm³/mol. The molecule has 1 aliphatic rings. The molecular formula is C15H15N3O7S3. The molecule has 0 bridgehead atoms. The van der Waals surface area contributed by atoms with Crippen LogP contribution >= 0.6 is 0 Å². The Morgan fingerprint density at radius 3 is 1.89 bits per heavy atom. The molecule has 0 aliphatic carbocycles. The van der Waals surface area contributed by atoms with Gasteiger partial charge in [-0.15, -0.1) is 0 Å². The number of nitrogens with zero attached hydrogens (tertiary/aromatic N) is 1. The molecule has 3 N–H and O–H groups in total. The maximum atomic E-state index is 12.5. The number of primary sulfonamides is 1. The topological polar surface area (TPSA) is 161 Å². The number of nitrogens with two attached hydrogens (primary N) is 1. The molecule has 0 spiro atoms. The Balaban J connectivity index is 1.84. The summed E-state index contributed by atoms with van der Waals surface area (Å²) in [6, 6.07) is 9.55. The minimum absolute atomic E-state index is 0.0546. The Morgan fingerprint density at radius 2 is 1.43 bits per heavy atom. The van der Waals surface area contributed by atoms with E-state index in [1.807, 2.05) is 0 Å². The molecule has 1 fully saturated rings. The van der Waals surface area contributed by atoms with Gasteiger partial charge in [-0.3, -0.25) is 9.52 Å². The first-order valence-corrected chi connectivity index (χ1v) is 12.4. The van der Waals surface area contributed by atoms with Gasteiger partial charge in [0.2, 0.25) is 26.0 Å². The van der Waals surface area contributed by atoms with E-state index in [0.29, 0.717) is 4.31 Å². The zero-order valence-corrected chi connectivity index (χ0v) is 16.6. The van der Waals surface area contributed by atoms with E-state index in [0.717, 1.165) is 24.3 Å². The van der Waals surface area contributed by atoms with Crippen LogP contribution in [-0.4, -0.2) is 36.9 Å². The summed E-state index contributed by atoms with van der Waals surface area (Å²) in [5, 5.41) is 4.98. The van der Waals surface area contributed by atoms with Crippen molar-refractivity contribution in [3.63, 3.8) is 0 Å². The minimum atomic E-state index is -4.03. The Labute approximate surface area is 162 Å². The molecule has 2 aromatic rings. The van der Waals surface area contributed by atoms with Crippen molar-refractivity contribution < 1.29 is 30.0 Å². The average molecular weight is 446 g/mol. The molecule has 1 heterocycles.